The number of amides is 1. The zero-order valence-electron chi connectivity index (χ0n) is 7.92. The molecule has 1 rings (SSSR count). The van der Waals surface area contributed by atoms with E-state index in [1.165, 1.54) is 13.0 Å². The van der Waals surface area contributed by atoms with Crippen LogP contribution in [-0.2, 0) is 4.79 Å². The predicted octanol–water partition coefficient (Wildman–Crippen LogP) is 2.26. The number of carbonyl (C=O) groups is 1. The first-order valence-electron chi connectivity index (χ1n) is 4.19. The van der Waals surface area contributed by atoms with Crippen LogP contribution in [0.1, 0.15) is 12.5 Å². The molecule has 0 radical (unpaired) electrons. The van der Waals surface area contributed by atoms with Crippen molar-refractivity contribution < 1.29 is 9.18 Å². The van der Waals surface area contributed by atoms with Gasteiger partial charge in [0.2, 0.25) is 5.91 Å². The number of benzene rings is 1. The van der Waals surface area contributed by atoms with Gasteiger partial charge in [-0.25, -0.2) is 4.39 Å². The average molecular weight is 227 g/mol. The number of anilines is 1. The van der Waals surface area contributed by atoms with Gasteiger partial charge < -0.3 is 5.32 Å². The fraction of sp³-hybridized carbons (Fsp3) is 0.200. The number of hydrogen-bond donors (Lipinski definition) is 1. The van der Waals surface area contributed by atoms with Crippen LogP contribution in [0.15, 0.2) is 18.2 Å². The third kappa shape index (κ3) is 2.93. The van der Waals surface area contributed by atoms with Gasteiger partial charge in [0.25, 0.3) is 0 Å². The van der Waals surface area contributed by atoms with E-state index in [4.69, 9.17) is 16.9 Å². The SMILES string of the molecule is CC(Cl)C(=O)Nc1ccc(F)cc1C#N. The topological polar surface area (TPSA) is 52.9 Å². The summed E-state index contributed by atoms with van der Waals surface area (Å²) in [6.07, 6.45) is 0. The van der Waals surface area contributed by atoms with E-state index in [1.807, 2.05) is 0 Å². The van der Waals surface area contributed by atoms with E-state index in [0.29, 0.717) is 0 Å². The molecular formula is C10H8ClFN2O. The second-order valence-corrected chi connectivity index (χ2v) is 3.56. The monoisotopic (exact) mass is 226 g/mol. The van der Waals surface area contributed by atoms with E-state index in [-0.39, 0.29) is 11.3 Å². The van der Waals surface area contributed by atoms with Crippen LogP contribution in [0.25, 0.3) is 0 Å². The van der Waals surface area contributed by atoms with Gasteiger partial charge in [-0.2, -0.15) is 5.26 Å². The van der Waals surface area contributed by atoms with Crippen molar-refractivity contribution in [3.63, 3.8) is 0 Å². The lowest BCUT2D eigenvalue weighted by Gasteiger charge is -2.07. The molecule has 0 spiro atoms. The molecule has 1 aromatic rings. The van der Waals surface area contributed by atoms with Crippen molar-refractivity contribution in [1.29, 1.82) is 5.26 Å². The minimum absolute atomic E-state index is 0.0701. The number of halogens is 2. The fourth-order valence-corrected chi connectivity index (χ4v) is 1.00. The molecule has 0 aliphatic heterocycles. The molecule has 1 atom stereocenters. The fourth-order valence-electron chi connectivity index (χ4n) is 0.950. The van der Waals surface area contributed by atoms with Crippen LogP contribution >= 0.6 is 11.6 Å². The number of nitrogens with one attached hydrogen (secondary N) is 1. The zero-order chi connectivity index (χ0) is 11.4. The lowest BCUT2D eigenvalue weighted by molar-refractivity contribution is -0.115. The molecule has 0 saturated carbocycles. The van der Waals surface area contributed by atoms with Crippen LogP contribution in [0.5, 0.6) is 0 Å². The molecule has 0 saturated heterocycles. The molecular weight excluding hydrogens is 219 g/mol. The van der Waals surface area contributed by atoms with Gasteiger partial charge >= 0.3 is 0 Å². The Morgan fingerprint density at radius 3 is 2.87 bits per heavy atom. The molecule has 1 unspecified atom stereocenters. The number of hydrogen-bond acceptors (Lipinski definition) is 2. The van der Waals surface area contributed by atoms with Crippen LogP contribution < -0.4 is 5.32 Å². The van der Waals surface area contributed by atoms with Gasteiger partial charge in [-0.3, -0.25) is 4.79 Å². The summed E-state index contributed by atoms with van der Waals surface area (Å²) < 4.78 is 12.7. The Bertz CT molecular complexity index is 426. The van der Waals surface area contributed by atoms with E-state index in [0.717, 1.165) is 12.1 Å². The highest BCUT2D eigenvalue weighted by molar-refractivity contribution is 6.32. The molecule has 1 N–H and O–H groups in total. The molecule has 0 bridgehead atoms. The average Bonchev–Trinajstić information content (AvgIpc) is 2.20. The largest absolute Gasteiger partial charge is 0.324 e. The normalized spacial score (nSPS) is 11.6. The smallest absolute Gasteiger partial charge is 0.242 e. The summed E-state index contributed by atoms with van der Waals surface area (Å²) >= 11 is 5.54. The Morgan fingerprint density at radius 2 is 2.33 bits per heavy atom. The molecule has 3 nitrogen and oxygen atoms in total. The molecule has 0 fully saturated rings. The maximum atomic E-state index is 12.7. The van der Waals surface area contributed by atoms with Crippen molar-refractivity contribution in [2.45, 2.75) is 12.3 Å². The van der Waals surface area contributed by atoms with Crippen LogP contribution in [-0.4, -0.2) is 11.3 Å². The Labute approximate surface area is 91.5 Å². The minimum atomic E-state index is -0.707. The standard InChI is InChI=1S/C10H8ClFN2O/c1-6(11)10(15)14-9-3-2-8(12)4-7(9)5-13/h2-4,6H,1H3,(H,14,15). The van der Waals surface area contributed by atoms with Gasteiger partial charge in [-0.1, -0.05) is 0 Å². The third-order valence-corrected chi connectivity index (χ3v) is 1.92. The summed E-state index contributed by atoms with van der Waals surface area (Å²) in [6.45, 7) is 1.51. The Kier molecular flexibility index (Phi) is 3.64. The van der Waals surface area contributed by atoms with Crippen LogP contribution in [0.4, 0.5) is 10.1 Å². The van der Waals surface area contributed by atoms with E-state index in [1.54, 1.807) is 6.07 Å². The Balaban J connectivity index is 2.96. The number of nitriles is 1. The minimum Gasteiger partial charge on any atom is -0.324 e. The number of rotatable bonds is 2. The summed E-state index contributed by atoms with van der Waals surface area (Å²) in [7, 11) is 0. The predicted molar refractivity (Wildman–Crippen MR) is 55.1 cm³/mol. The number of nitrogens with zero attached hydrogens (tertiary/aromatic N) is 1. The molecule has 0 aliphatic carbocycles. The molecule has 15 heavy (non-hydrogen) atoms. The molecule has 1 amide bonds. The maximum Gasteiger partial charge on any atom is 0.242 e. The highest BCUT2D eigenvalue weighted by Gasteiger charge is 2.11. The second kappa shape index (κ2) is 4.76. The van der Waals surface area contributed by atoms with Crippen LogP contribution in [0.3, 0.4) is 0 Å². The zero-order valence-corrected chi connectivity index (χ0v) is 8.68. The third-order valence-electron chi connectivity index (χ3n) is 1.72. The van der Waals surface area contributed by atoms with Crippen molar-refractivity contribution in [3.8, 4) is 6.07 Å². The van der Waals surface area contributed by atoms with Gasteiger partial charge in [-0.15, -0.1) is 11.6 Å². The maximum absolute atomic E-state index is 12.7. The van der Waals surface area contributed by atoms with E-state index in [2.05, 4.69) is 5.32 Å². The van der Waals surface area contributed by atoms with Crippen molar-refractivity contribution in [2.75, 3.05) is 5.32 Å². The van der Waals surface area contributed by atoms with Gasteiger partial charge in [0.1, 0.15) is 17.3 Å². The molecule has 1 aromatic carbocycles. The van der Waals surface area contributed by atoms with E-state index < -0.39 is 17.1 Å². The number of carbonyl (C=O) groups excluding carboxylic acids is 1. The highest BCUT2D eigenvalue weighted by atomic mass is 35.5. The second-order valence-electron chi connectivity index (χ2n) is 2.91. The Morgan fingerprint density at radius 1 is 1.67 bits per heavy atom. The molecule has 5 heteroatoms. The van der Waals surface area contributed by atoms with Crippen molar-refractivity contribution in [3.05, 3.63) is 29.6 Å². The Hall–Kier alpha value is -1.60. The summed E-state index contributed by atoms with van der Waals surface area (Å²) in [6, 6.07) is 5.32. The molecule has 0 heterocycles. The molecule has 0 aliphatic rings. The first-order valence-corrected chi connectivity index (χ1v) is 4.63. The summed E-state index contributed by atoms with van der Waals surface area (Å²) in [5.41, 5.74) is 0.331. The van der Waals surface area contributed by atoms with E-state index in [9.17, 15) is 9.18 Å². The lowest BCUT2D eigenvalue weighted by Crippen LogP contribution is -2.20. The first kappa shape index (κ1) is 11.5. The van der Waals surface area contributed by atoms with Gasteiger partial charge in [0.15, 0.2) is 0 Å². The number of alkyl halides is 1. The van der Waals surface area contributed by atoms with E-state index >= 15 is 0 Å². The summed E-state index contributed by atoms with van der Waals surface area (Å²) in [4.78, 5) is 11.2. The van der Waals surface area contributed by atoms with Gasteiger partial charge in [0.05, 0.1) is 11.3 Å². The van der Waals surface area contributed by atoms with Crippen molar-refractivity contribution in [2.24, 2.45) is 0 Å². The first-order chi connectivity index (χ1) is 7.04. The summed E-state index contributed by atoms with van der Waals surface area (Å²) in [5, 5.41) is 10.4. The van der Waals surface area contributed by atoms with Gasteiger partial charge in [0, 0.05) is 0 Å². The highest BCUT2D eigenvalue weighted by Crippen LogP contribution is 2.16. The van der Waals surface area contributed by atoms with Crippen molar-refractivity contribution >= 4 is 23.2 Å². The summed E-state index contributed by atoms with van der Waals surface area (Å²) in [5.74, 6) is -0.955. The molecule has 0 aromatic heterocycles. The quantitative estimate of drug-likeness (QED) is 0.787. The van der Waals surface area contributed by atoms with Crippen LogP contribution in [0.2, 0.25) is 0 Å². The van der Waals surface area contributed by atoms with Gasteiger partial charge in [-0.05, 0) is 25.1 Å². The molecule has 78 valence electrons. The van der Waals surface area contributed by atoms with Crippen molar-refractivity contribution in [1.82, 2.24) is 0 Å². The van der Waals surface area contributed by atoms with Crippen LogP contribution in [0, 0.1) is 17.1 Å². The lowest BCUT2D eigenvalue weighted by atomic mass is 10.2.